The van der Waals surface area contributed by atoms with Crippen LogP contribution in [0, 0.1) is 0 Å². The van der Waals surface area contributed by atoms with Crippen molar-refractivity contribution in [2.24, 2.45) is 5.10 Å². The number of hydrogen-bond donors (Lipinski definition) is 3. The van der Waals surface area contributed by atoms with Gasteiger partial charge < -0.3 is 20.1 Å². The smallest absolute Gasteiger partial charge is 0.271 e. The maximum Gasteiger partial charge on any atom is 0.271 e. The molecule has 0 spiro atoms. The molecule has 43 heavy (non-hydrogen) atoms. The highest BCUT2D eigenvalue weighted by atomic mass is 35.5. The summed E-state index contributed by atoms with van der Waals surface area (Å²) in [5.41, 5.74) is 6.89. The lowest BCUT2D eigenvalue weighted by Gasteiger charge is -2.08. The molecule has 9 nitrogen and oxygen atoms in total. The highest BCUT2D eigenvalue weighted by Gasteiger charge is 2.09. The van der Waals surface area contributed by atoms with Gasteiger partial charge in [0.05, 0.1) is 19.0 Å². The minimum absolute atomic E-state index is 0.166. The molecule has 4 aromatic carbocycles. The van der Waals surface area contributed by atoms with Crippen LogP contribution in [0.25, 0.3) is 11.3 Å². The van der Waals surface area contributed by atoms with Crippen LogP contribution in [0.15, 0.2) is 108 Å². The van der Waals surface area contributed by atoms with Gasteiger partial charge in [0.2, 0.25) is 0 Å². The number of thiazole rings is 1. The molecule has 5 rings (SSSR count). The zero-order valence-corrected chi connectivity index (χ0v) is 24.5. The SMILES string of the molecule is COc1ccc(NC(=O)COc2cccc(/C=N\NC(=O)c3ccc(-c4csc(Nc5ccc(Cl)cc5)n4)cc3)c2)cc1. The predicted octanol–water partition coefficient (Wildman–Crippen LogP) is 7.00. The Bertz CT molecular complexity index is 1720. The van der Waals surface area contributed by atoms with Crippen LogP contribution in [0.4, 0.5) is 16.5 Å². The summed E-state index contributed by atoms with van der Waals surface area (Å²) in [4.78, 5) is 29.5. The fourth-order valence-corrected chi connectivity index (χ4v) is 4.71. The zero-order valence-electron chi connectivity index (χ0n) is 22.9. The van der Waals surface area contributed by atoms with E-state index in [0.717, 1.165) is 22.1 Å². The van der Waals surface area contributed by atoms with Crippen molar-refractivity contribution in [2.75, 3.05) is 24.4 Å². The van der Waals surface area contributed by atoms with Crippen molar-refractivity contribution in [3.8, 4) is 22.8 Å². The molecule has 0 aliphatic carbocycles. The summed E-state index contributed by atoms with van der Waals surface area (Å²) in [7, 11) is 1.58. The van der Waals surface area contributed by atoms with Crippen LogP contribution in [0.2, 0.25) is 5.02 Å². The molecule has 0 radical (unpaired) electrons. The van der Waals surface area contributed by atoms with E-state index in [2.05, 4.69) is 26.1 Å². The maximum atomic E-state index is 12.6. The quantitative estimate of drug-likeness (QED) is 0.109. The summed E-state index contributed by atoms with van der Waals surface area (Å²) in [5, 5.41) is 13.4. The molecule has 1 aromatic heterocycles. The van der Waals surface area contributed by atoms with Crippen LogP contribution in [-0.4, -0.2) is 36.7 Å². The van der Waals surface area contributed by atoms with E-state index in [1.54, 1.807) is 67.8 Å². The number of aromatic nitrogens is 1. The summed E-state index contributed by atoms with van der Waals surface area (Å²) in [6, 6.07) is 28.5. The van der Waals surface area contributed by atoms with Gasteiger partial charge in [0, 0.05) is 32.9 Å². The Morgan fingerprint density at radius 2 is 1.67 bits per heavy atom. The van der Waals surface area contributed by atoms with Gasteiger partial charge in [-0.2, -0.15) is 5.10 Å². The van der Waals surface area contributed by atoms with Crippen LogP contribution in [0.5, 0.6) is 11.5 Å². The van der Waals surface area contributed by atoms with Gasteiger partial charge in [0.15, 0.2) is 11.7 Å². The van der Waals surface area contributed by atoms with Crippen LogP contribution < -0.4 is 25.5 Å². The first-order valence-corrected chi connectivity index (χ1v) is 14.3. The van der Waals surface area contributed by atoms with Gasteiger partial charge in [-0.25, -0.2) is 10.4 Å². The molecule has 0 atom stereocenters. The molecule has 0 bridgehead atoms. The van der Waals surface area contributed by atoms with E-state index in [0.29, 0.717) is 33.3 Å². The Hall–Kier alpha value is -5.19. The van der Waals surface area contributed by atoms with Gasteiger partial charge in [0.1, 0.15) is 11.5 Å². The number of hydrazone groups is 1. The van der Waals surface area contributed by atoms with Crippen molar-refractivity contribution in [1.82, 2.24) is 10.4 Å². The summed E-state index contributed by atoms with van der Waals surface area (Å²) < 4.78 is 10.7. The second-order valence-corrected chi connectivity index (χ2v) is 10.4. The van der Waals surface area contributed by atoms with Crippen LogP contribution in [-0.2, 0) is 4.79 Å². The second kappa shape index (κ2) is 14.1. The molecule has 11 heteroatoms. The van der Waals surface area contributed by atoms with Crippen molar-refractivity contribution in [1.29, 1.82) is 0 Å². The van der Waals surface area contributed by atoms with E-state index in [1.807, 2.05) is 41.8 Å². The van der Waals surface area contributed by atoms with E-state index in [-0.39, 0.29) is 18.4 Å². The van der Waals surface area contributed by atoms with Gasteiger partial charge in [-0.05, 0) is 78.4 Å². The third-order valence-electron chi connectivity index (χ3n) is 6.02. The number of ether oxygens (including phenoxy) is 2. The normalized spacial score (nSPS) is 10.7. The van der Waals surface area contributed by atoms with Gasteiger partial charge in [-0.1, -0.05) is 35.9 Å². The van der Waals surface area contributed by atoms with Crippen molar-refractivity contribution < 1.29 is 19.1 Å². The van der Waals surface area contributed by atoms with Crippen molar-refractivity contribution in [3.05, 3.63) is 119 Å². The first-order chi connectivity index (χ1) is 20.9. The molecule has 1 heterocycles. The Labute approximate surface area is 257 Å². The first kappa shape index (κ1) is 29.3. The Morgan fingerprint density at radius 1 is 0.930 bits per heavy atom. The number of rotatable bonds is 11. The van der Waals surface area contributed by atoms with Gasteiger partial charge in [-0.3, -0.25) is 9.59 Å². The van der Waals surface area contributed by atoms with E-state index in [1.165, 1.54) is 17.6 Å². The second-order valence-electron chi connectivity index (χ2n) is 9.08. The molecule has 0 aliphatic rings. The minimum Gasteiger partial charge on any atom is -0.497 e. The van der Waals surface area contributed by atoms with Crippen LogP contribution >= 0.6 is 22.9 Å². The summed E-state index contributed by atoms with van der Waals surface area (Å²) in [6.45, 7) is -0.166. The molecular formula is C32H26ClN5O4S. The highest BCUT2D eigenvalue weighted by molar-refractivity contribution is 7.14. The third-order valence-corrected chi connectivity index (χ3v) is 7.03. The van der Waals surface area contributed by atoms with Crippen molar-refractivity contribution in [2.45, 2.75) is 0 Å². The summed E-state index contributed by atoms with van der Waals surface area (Å²) in [5.74, 6) is 0.539. The number of anilines is 3. The van der Waals surface area contributed by atoms with E-state index >= 15 is 0 Å². The topological polar surface area (TPSA) is 114 Å². The Balaban J connectivity index is 1.10. The fourth-order valence-electron chi connectivity index (χ4n) is 3.85. The van der Waals surface area contributed by atoms with Gasteiger partial charge in [0.25, 0.3) is 11.8 Å². The third kappa shape index (κ3) is 8.41. The van der Waals surface area contributed by atoms with E-state index in [9.17, 15) is 9.59 Å². The highest BCUT2D eigenvalue weighted by Crippen LogP contribution is 2.28. The minimum atomic E-state index is -0.353. The first-order valence-electron chi connectivity index (χ1n) is 13.0. The van der Waals surface area contributed by atoms with Crippen LogP contribution in [0.1, 0.15) is 15.9 Å². The number of benzene rings is 4. The fraction of sp³-hybridized carbons (Fsp3) is 0.0625. The molecule has 0 saturated heterocycles. The monoisotopic (exact) mass is 611 g/mol. The molecule has 3 N–H and O–H groups in total. The predicted molar refractivity (Wildman–Crippen MR) is 171 cm³/mol. The van der Waals surface area contributed by atoms with Gasteiger partial charge >= 0.3 is 0 Å². The average molecular weight is 612 g/mol. The Morgan fingerprint density at radius 3 is 2.42 bits per heavy atom. The standard InChI is InChI=1S/C32H26ClN5O4S/c1-41-27-15-13-25(14-16-27)35-30(39)19-42-28-4-2-3-21(17-28)18-34-38-31(40)23-7-5-22(6-8-23)29-20-43-32(37-29)36-26-11-9-24(33)10-12-26/h2-18,20H,19H2,1H3,(H,35,39)(H,36,37)(H,38,40)/b34-18-. The van der Waals surface area contributed by atoms with Crippen LogP contribution in [0.3, 0.4) is 0 Å². The Kier molecular flexibility index (Phi) is 9.63. The number of hydrogen-bond acceptors (Lipinski definition) is 8. The lowest BCUT2D eigenvalue weighted by Crippen LogP contribution is -2.20. The van der Waals surface area contributed by atoms with E-state index in [4.69, 9.17) is 21.1 Å². The number of halogens is 1. The molecule has 216 valence electrons. The molecule has 0 saturated carbocycles. The van der Waals surface area contributed by atoms with Crippen molar-refractivity contribution >= 4 is 57.5 Å². The molecule has 0 fully saturated rings. The largest absolute Gasteiger partial charge is 0.497 e. The average Bonchev–Trinajstić information content (AvgIpc) is 3.50. The zero-order chi connectivity index (χ0) is 30.0. The number of amides is 2. The lowest BCUT2D eigenvalue weighted by molar-refractivity contribution is -0.118. The van der Waals surface area contributed by atoms with Gasteiger partial charge in [-0.15, -0.1) is 11.3 Å². The van der Waals surface area contributed by atoms with Crippen molar-refractivity contribution in [3.63, 3.8) is 0 Å². The lowest BCUT2D eigenvalue weighted by atomic mass is 10.1. The number of methoxy groups -OCH3 is 1. The summed E-state index contributed by atoms with van der Waals surface area (Å²) in [6.07, 6.45) is 1.50. The maximum absolute atomic E-state index is 12.6. The number of carbonyl (C=O) groups is 2. The number of nitrogens with one attached hydrogen (secondary N) is 3. The number of carbonyl (C=O) groups excluding carboxylic acids is 2. The molecule has 5 aromatic rings. The molecule has 0 aliphatic heterocycles. The molecule has 2 amide bonds. The van der Waals surface area contributed by atoms with E-state index < -0.39 is 0 Å². The molecule has 0 unspecified atom stereocenters. The number of nitrogens with zero attached hydrogens (tertiary/aromatic N) is 2. The molecular weight excluding hydrogens is 586 g/mol. The summed E-state index contributed by atoms with van der Waals surface area (Å²) >= 11 is 7.43.